The monoisotopic (exact) mass is 396 g/mol. The van der Waals surface area contributed by atoms with Crippen LogP contribution in [0.15, 0.2) is 18.2 Å². The first-order valence-electron chi connectivity index (χ1n) is 10.8. The summed E-state index contributed by atoms with van der Waals surface area (Å²) in [5.41, 5.74) is 2.75. The number of nitrogens with zero attached hydrogens (tertiary/aromatic N) is 1. The summed E-state index contributed by atoms with van der Waals surface area (Å²) in [5, 5.41) is 9.76. The molecule has 0 aliphatic carbocycles. The summed E-state index contributed by atoms with van der Waals surface area (Å²) >= 11 is 0. The molecule has 4 aliphatic rings. The number of piperidine rings is 3. The van der Waals surface area contributed by atoms with Gasteiger partial charge in [-0.2, -0.15) is 0 Å². The molecule has 3 N–H and O–H groups in total. The number of carbonyl (C=O) groups excluding carboxylic acids is 3. The van der Waals surface area contributed by atoms with E-state index in [0.717, 1.165) is 17.7 Å². The van der Waals surface area contributed by atoms with Crippen molar-refractivity contribution in [2.45, 2.75) is 82.2 Å². The van der Waals surface area contributed by atoms with E-state index in [1.807, 2.05) is 12.1 Å². The Labute approximate surface area is 170 Å². The highest BCUT2D eigenvalue weighted by Gasteiger charge is 2.39. The molecule has 0 spiro atoms. The van der Waals surface area contributed by atoms with Crippen molar-refractivity contribution >= 4 is 17.7 Å². The van der Waals surface area contributed by atoms with Gasteiger partial charge >= 0.3 is 0 Å². The van der Waals surface area contributed by atoms with Gasteiger partial charge in [0.05, 0.1) is 0 Å². The van der Waals surface area contributed by atoms with Gasteiger partial charge in [0.25, 0.3) is 5.91 Å². The number of carbonyl (C=O) groups is 3. The highest BCUT2D eigenvalue weighted by atomic mass is 16.2. The molecule has 5 rings (SSSR count). The van der Waals surface area contributed by atoms with E-state index in [2.05, 4.69) is 22.0 Å². The van der Waals surface area contributed by atoms with Crippen LogP contribution < -0.4 is 16.0 Å². The van der Waals surface area contributed by atoms with Crippen LogP contribution in [0.25, 0.3) is 0 Å². The number of hydrogen-bond acceptors (Lipinski definition) is 5. The highest BCUT2D eigenvalue weighted by Crippen LogP contribution is 2.29. The fraction of sp³-hybridized carbons (Fsp3) is 0.591. The van der Waals surface area contributed by atoms with Crippen molar-refractivity contribution in [2.24, 2.45) is 0 Å². The number of rotatable bonds is 4. The molecular weight excluding hydrogens is 368 g/mol. The summed E-state index contributed by atoms with van der Waals surface area (Å²) in [6, 6.07) is 7.31. The molecule has 3 amide bonds. The van der Waals surface area contributed by atoms with Gasteiger partial charge in [0.15, 0.2) is 0 Å². The van der Waals surface area contributed by atoms with E-state index >= 15 is 0 Å². The van der Waals surface area contributed by atoms with E-state index in [4.69, 9.17) is 0 Å². The maximum Gasteiger partial charge on any atom is 0.255 e. The Balaban J connectivity index is 1.23. The first-order valence-corrected chi connectivity index (χ1v) is 10.8. The van der Waals surface area contributed by atoms with Crippen molar-refractivity contribution in [3.63, 3.8) is 0 Å². The van der Waals surface area contributed by atoms with E-state index < -0.39 is 6.04 Å². The maximum absolute atomic E-state index is 12.9. The number of amides is 3. The maximum atomic E-state index is 12.9. The standard InChI is InChI=1S/C22H28N4O3/c27-20-7-6-19(21(28)25-20)26-12-14-5-4-13(8-18(14)22(26)29)11-23-17-9-15-2-1-3-16(10-17)24-15/h4-5,8,15-17,19,23-24H,1-3,6-7,9-12H2,(H,25,27,28). The first kappa shape index (κ1) is 18.8. The molecule has 0 saturated carbocycles. The van der Waals surface area contributed by atoms with Crippen LogP contribution >= 0.6 is 0 Å². The fourth-order valence-corrected chi connectivity index (χ4v) is 5.41. The van der Waals surface area contributed by atoms with Gasteiger partial charge in [0, 0.05) is 43.2 Å². The molecule has 1 aromatic carbocycles. The third-order valence-electron chi connectivity index (χ3n) is 6.90. The zero-order chi connectivity index (χ0) is 20.0. The second-order valence-electron chi connectivity index (χ2n) is 8.93. The van der Waals surface area contributed by atoms with Crippen molar-refractivity contribution in [2.75, 3.05) is 0 Å². The second-order valence-corrected chi connectivity index (χ2v) is 8.93. The van der Waals surface area contributed by atoms with Gasteiger partial charge in [-0.05, 0) is 49.3 Å². The van der Waals surface area contributed by atoms with Crippen LogP contribution in [0.2, 0.25) is 0 Å². The molecule has 7 heteroatoms. The lowest BCUT2D eigenvalue weighted by Crippen LogP contribution is -2.53. The van der Waals surface area contributed by atoms with Crippen LogP contribution in [0.3, 0.4) is 0 Å². The van der Waals surface area contributed by atoms with Gasteiger partial charge in [-0.3, -0.25) is 19.7 Å². The van der Waals surface area contributed by atoms with E-state index in [-0.39, 0.29) is 24.1 Å². The van der Waals surface area contributed by atoms with Crippen molar-refractivity contribution in [3.8, 4) is 0 Å². The van der Waals surface area contributed by atoms with Gasteiger partial charge in [-0.15, -0.1) is 0 Å². The number of fused-ring (bicyclic) bond motifs is 3. The Morgan fingerprint density at radius 1 is 1.07 bits per heavy atom. The Hall–Kier alpha value is -2.25. The van der Waals surface area contributed by atoms with Crippen LogP contribution in [0, 0.1) is 0 Å². The van der Waals surface area contributed by atoms with Gasteiger partial charge in [0.1, 0.15) is 6.04 Å². The van der Waals surface area contributed by atoms with Crippen molar-refractivity contribution < 1.29 is 14.4 Å². The lowest BCUT2D eigenvalue weighted by molar-refractivity contribution is -0.136. The Morgan fingerprint density at radius 2 is 1.86 bits per heavy atom. The van der Waals surface area contributed by atoms with E-state index in [9.17, 15) is 14.4 Å². The number of benzene rings is 1. The number of nitrogens with one attached hydrogen (secondary N) is 3. The summed E-state index contributed by atoms with van der Waals surface area (Å²) in [4.78, 5) is 38.1. The third-order valence-corrected chi connectivity index (χ3v) is 6.90. The van der Waals surface area contributed by atoms with Crippen molar-refractivity contribution in [1.82, 2.24) is 20.9 Å². The van der Waals surface area contributed by atoms with Crippen molar-refractivity contribution in [1.29, 1.82) is 0 Å². The zero-order valence-corrected chi connectivity index (χ0v) is 16.6. The third kappa shape index (κ3) is 3.69. The van der Waals surface area contributed by atoms with Gasteiger partial charge in [0.2, 0.25) is 11.8 Å². The molecule has 3 atom stereocenters. The van der Waals surface area contributed by atoms with Crippen LogP contribution in [-0.4, -0.2) is 46.8 Å². The molecule has 0 radical (unpaired) electrons. The zero-order valence-electron chi connectivity index (χ0n) is 16.6. The van der Waals surface area contributed by atoms with Gasteiger partial charge in [-0.1, -0.05) is 18.6 Å². The quantitative estimate of drug-likeness (QED) is 0.666. The molecule has 3 fully saturated rings. The summed E-state index contributed by atoms with van der Waals surface area (Å²) in [5.74, 6) is -0.723. The normalized spacial score (nSPS) is 31.6. The van der Waals surface area contributed by atoms with Gasteiger partial charge in [-0.25, -0.2) is 0 Å². The molecule has 0 aromatic heterocycles. The molecule has 4 heterocycles. The minimum atomic E-state index is -0.552. The van der Waals surface area contributed by atoms with E-state index in [1.165, 1.54) is 32.1 Å². The Morgan fingerprint density at radius 3 is 2.62 bits per heavy atom. The SMILES string of the molecule is O=C1CCC(N2Cc3ccc(CNC4CC5CCCC(C4)N5)cc3C2=O)C(=O)N1. The minimum Gasteiger partial charge on any atom is -0.322 e. The van der Waals surface area contributed by atoms with Crippen LogP contribution in [-0.2, 0) is 22.7 Å². The van der Waals surface area contributed by atoms with Crippen LogP contribution in [0.4, 0.5) is 0 Å². The highest BCUT2D eigenvalue weighted by molar-refractivity contribution is 6.05. The minimum absolute atomic E-state index is 0.104. The molecule has 1 aromatic rings. The molecular formula is C22H28N4O3. The van der Waals surface area contributed by atoms with Crippen molar-refractivity contribution in [3.05, 3.63) is 34.9 Å². The number of imide groups is 1. The summed E-state index contributed by atoms with van der Waals surface area (Å²) in [6.07, 6.45) is 6.91. The number of hydrogen-bond donors (Lipinski definition) is 3. The predicted octanol–water partition coefficient (Wildman–Crippen LogP) is 1.21. The van der Waals surface area contributed by atoms with Crippen LogP contribution in [0.5, 0.6) is 0 Å². The van der Waals surface area contributed by atoms with Gasteiger partial charge < -0.3 is 15.5 Å². The smallest absolute Gasteiger partial charge is 0.255 e. The largest absolute Gasteiger partial charge is 0.322 e. The first-order chi connectivity index (χ1) is 14.1. The molecule has 4 aliphatic heterocycles. The molecule has 3 unspecified atom stereocenters. The average molecular weight is 396 g/mol. The molecule has 29 heavy (non-hydrogen) atoms. The summed E-state index contributed by atoms with van der Waals surface area (Å²) in [7, 11) is 0. The Kier molecular flexibility index (Phi) is 4.87. The van der Waals surface area contributed by atoms with Crippen LogP contribution in [0.1, 0.15) is 66.4 Å². The van der Waals surface area contributed by atoms with E-state index in [0.29, 0.717) is 36.7 Å². The Bertz CT molecular complexity index is 842. The lowest BCUT2D eigenvalue weighted by atomic mass is 9.84. The molecule has 3 saturated heterocycles. The molecule has 154 valence electrons. The predicted molar refractivity (Wildman–Crippen MR) is 107 cm³/mol. The summed E-state index contributed by atoms with van der Waals surface area (Å²) < 4.78 is 0. The van der Waals surface area contributed by atoms with E-state index in [1.54, 1.807) is 4.90 Å². The summed E-state index contributed by atoms with van der Waals surface area (Å²) in [6.45, 7) is 1.19. The fourth-order valence-electron chi connectivity index (χ4n) is 5.41. The molecule has 7 nitrogen and oxygen atoms in total. The average Bonchev–Trinajstić information content (AvgIpc) is 3.02. The lowest BCUT2D eigenvalue weighted by Gasteiger charge is -2.40. The molecule has 2 bridgehead atoms. The topological polar surface area (TPSA) is 90.5 Å². The second kappa shape index (κ2) is 7.54.